The molecule has 2 atom stereocenters. The van der Waals surface area contributed by atoms with Crippen LogP contribution in [0, 0.1) is 11.3 Å². The molecule has 0 fully saturated rings. The zero-order valence-corrected chi connectivity index (χ0v) is 9.99. The molecule has 0 amide bonds. The standard InChI is InChI=1S/C13H22O2/c1-5-7-8-9-10-13(4,12(14)15)11(3)6-2/h5-7,11H,2,8-10H2,1,3-4H3,(H,14,15)/b7-5-. The Kier molecular flexibility index (Phi) is 5.99. The van der Waals surface area contributed by atoms with Crippen LogP contribution in [-0.2, 0) is 4.79 Å². The van der Waals surface area contributed by atoms with Crippen LogP contribution in [0.1, 0.15) is 40.0 Å². The molecule has 0 radical (unpaired) electrons. The van der Waals surface area contributed by atoms with Crippen LogP contribution in [0.4, 0.5) is 0 Å². The highest BCUT2D eigenvalue weighted by Crippen LogP contribution is 2.34. The van der Waals surface area contributed by atoms with Gasteiger partial charge in [-0.2, -0.15) is 0 Å². The Bertz CT molecular complexity index is 243. The number of carboxylic acid groups (broad SMARTS) is 1. The summed E-state index contributed by atoms with van der Waals surface area (Å²) in [5.74, 6) is -0.726. The van der Waals surface area contributed by atoms with Gasteiger partial charge in [-0.1, -0.05) is 25.2 Å². The number of allylic oxidation sites excluding steroid dienone is 3. The zero-order valence-electron chi connectivity index (χ0n) is 9.99. The zero-order chi connectivity index (χ0) is 11.9. The first-order chi connectivity index (χ1) is 6.99. The van der Waals surface area contributed by atoms with Crippen LogP contribution < -0.4 is 0 Å². The molecule has 0 heterocycles. The Morgan fingerprint density at radius 3 is 2.60 bits per heavy atom. The number of hydrogen-bond donors (Lipinski definition) is 1. The molecule has 15 heavy (non-hydrogen) atoms. The van der Waals surface area contributed by atoms with Crippen molar-refractivity contribution in [1.82, 2.24) is 0 Å². The second-order valence-electron chi connectivity index (χ2n) is 4.21. The van der Waals surface area contributed by atoms with E-state index in [1.807, 2.05) is 19.9 Å². The van der Waals surface area contributed by atoms with Crippen molar-refractivity contribution in [3.8, 4) is 0 Å². The predicted molar refractivity (Wildman–Crippen MR) is 63.8 cm³/mol. The van der Waals surface area contributed by atoms with Crippen molar-refractivity contribution in [3.05, 3.63) is 24.8 Å². The number of carbonyl (C=O) groups is 1. The van der Waals surface area contributed by atoms with Crippen molar-refractivity contribution >= 4 is 5.97 Å². The van der Waals surface area contributed by atoms with Crippen LogP contribution >= 0.6 is 0 Å². The van der Waals surface area contributed by atoms with Gasteiger partial charge >= 0.3 is 5.97 Å². The van der Waals surface area contributed by atoms with Crippen LogP contribution in [0.5, 0.6) is 0 Å². The summed E-state index contributed by atoms with van der Waals surface area (Å²) in [6, 6.07) is 0. The fourth-order valence-corrected chi connectivity index (χ4v) is 1.54. The first-order valence-electron chi connectivity index (χ1n) is 5.46. The number of rotatable bonds is 7. The molecular formula is C13H22O2. The van der Waals surface area contributed by atoms with E-state index in [0.29, 0.717) is 6.42 Å². The molecule has 0 aromatic carbocycles. The van der Waals surface area contributed by atoms with Gasteiger partial charge in [0.2, 0.25) is 0 Å². The van der Waals surface area contributed by atoms with Crippen molar-refractivity contribution in [1.29, 1.82) is 0 Å². The quantitative estimate of drug-likeness (QED) is 0.514. The van der Waals surface area contributed by atoms with Gasteiger partial charge in [0.15, 0.2) is 0 Å². The summed E-state index contributed by atoms with van der Waals surface area (Å²) < 4.78 is 0. The summed E-state index contributed by atoms with van der Waals surface area (Å²) in [6.07, 6.45) is 8.34. The molecular weight excluding hydrogens is 188 g/mol. The maximum atomic E-state index is 11.2. The lowest BCUT2D eigenvalue weighted by atomic mass is 9.74. The summed E-state index contributed by atoms with van der Waals surface area (Å²) in [6.45, 7) is 9.37. The van der Waals surface area contributed by atoms with E-state index in [1.165, 1.54) is 0 Å². The molecule has 0 saturated carbocycles. The van der Waals surface area contributed by atoms with Crippen molar-refractivity contribution in [2.75, 3.05) is 0 Å². The average Bonchev–Trinajstić information content (AvgIpc) is 2.22. The minimum absolute atomic E-state index is 0.000561. The van der Waals surface area contributed by atoms with E-state index in [2.05, 4.69) is 12.7 Å². The first-order valence-corrected chi connectivity index (χ1v) is 5.46. The number of unbranched alkanes of at least 4 members (excludes halogenated alkanes) is 1. The Morgan fingerprint density at radius 1 is 1.60 bits per heavy atom. The molecule has 1 N–H and O–H groups in total. The van der Waals surface area contributed by atoms with Gasteiger partial charge < -0.3 is 5.11 Å². The van der Waals surface area contributed by atoms with Gasteiger partial charge in [-0.15, -0.1) is 6.58 Å². The second kappa shape index (κ2) is 6.44. The second-order valence-corrected chi connectivity index (χ2v) is 4.21. The fraction of sp³-hybridized carbons (Fsp3) is 0.615. The number of carboxylic acids is 1. The summed E-state index contributed by atoms with van der Waals surface area (Å²) in [4.78, 5) is 11.2. The average molecular weight is 210 g/mol. The molecule has 0 bridgehead atoms. The molecule has 0 aromatic heterocycles. The minimum atomic E-state index is -0.727. The third-order valence-electron chi connectivity index (χ3n) is 3.15. The van der Waals surface area contributed by atoms with Gasteiger partial charge in [-0.05, 0) is 39.0 Å². The van der Waals surface area contributed by atoms with Crippen molar-refractivity contribution in [2.45, 2.75) is 40.0 Å². The molecule has 86 valence electrons. The lowest BCUT2D eigenvalue weighted by molar-refractivity contribution is -0.150. The fourth-order valence-electron chi connectivity index (χ4n) is 1.54. The molecule has 0 aliphatic carbocycles. The van der Waals surface area contributed by atoms with Crippen molar-refractivity contribution < 1.29 is 9.90 Å². The monoisotopic (exact) mass is 210 g/mol. The molecule has 0 aliphatic rings. The Hall–Kier alpha value is -1.05. The smallest absolute Gasteiger partial charge is 0.309 e. The predicted octanol–water partition coefficient (Wildman–Crippen LogP) is 3.65. The highest BCUT2D eigenvalue weighted by atomic mass is 16.4. The molecule has 0 rings (SSSR count). The van der Waals surface area contributed by atoms with Crippen LogP contribution in [0.15, 0.2) is 24.8 Å². The molecule has 2 nitrogen and oxygen atoms in total. The van der Waals surface area contributed by atoms with Gasteiger partial charge in [-0.25, -0.2) is 0 Å². The van der Waals surface area contributed by atoms with E-state index in [0.717, 1.165) is 12.8 Å². The van der Waals surface area contributed by atoms with Crippen molar-refractivity contribution in [3.63, 3.8) is 0 Å². The van der Waals surface area contributed by atoms with E-state index in [-0.39, 0.29) is 5.92 Å². The minimum Gasteiger partial charge on any atom is -0.481 e. The molecule has 0 spiro atoms. The normalized spacial score (nSPS) is 17.3. The maximum Gasteiger partial charge on any atom is 0.309 e. The van der Waals surface area contributed by atoms with Crippen molar-refractivity contribution in [2.24, 2.45) is 11.3 Å². The van der Waals surface area contributed by atoms with Gasteiger partial charge in [0, 0.05) is 0 Å². The highest BCUT2D eigenvalue weighted by molar-refractivity contribution is 5.74. The third kappa shape index (κ3) is 3.90. The van der Waals surface area contributed by atoms with Crippen LogP contribution in [0.2, 0.25) is 0 Å². The number of aliphatic carboxylic acids is 1. The van der Waals surface area contributed by atoms with Crippen LogP contribution in [0.3, 0.4) is 0 Å². The van der Waals surface area contributed by atoms with E-state index >= 15 is 0 Å². The van der Waals surface area contributed by atoms with E-state index < -0.39 is 11.4 Å². The summed E-state index contributed by atoms with van der Waals surface area (Å²) >= 11 is 0. The van der Waals surface area contributed by atoms with E-state index in [1.54, 1.807) is 13.0 Å². The summed E-state index contributed by atoms with van der Waals surface area (Å²) in [7, 11) is 0. The summed E-state index contributed by atoms with van der Waals surface area (Å²) in [5, 5.41) is 9.22. The molecule has 0 aliphatic heterocycles. The molecule has 2 unspecified atom stereocenters. The Morgan fingerprint density at radius 2 is 2.20 bits per heavy atom. The lowest BCUT2D eigenvalue weighted by Gasteiger charge is -2.29. The maximum absolute atomic E-state index is 11.2. The Balaban J connectivity index is 4.39. The van der Waals surface area contributed by atoms with E-state index in [9.17, 15) is 9.90 Å². The van der Waals surface area contributed by atoms with Crippen LogP contribution in [0.25, 0.3) is 0 Å². The molecule has 0 aromatic rings. The highest BCUT2D eigenvalue weighted by Gasteiger charge is 2.36. The largest absolute Gasteiger partial charge is 0.481 e. The lowest BCUT2D eigenvalue weighted by Crippen LogP contribution is -2.33. The molecule has 0 saturated heterocycles. The number of hydrogen-bond acceptors (Lipinski definition) is 1. The third-order valence-corrected chi connectivity index (χ3v) is 3.15. The topological polar surface area (TPSA) is 37.3 Å². The molecule has 2 heteroatoms. The van der Waals surface area contributed by atoms with Crippen LogP contribution in [-0.4, -0.2) is 11.1 Å². The van der Waals surface area contributed by atoms with Gasteiger partial charge in [0.05, 0.1) is 5.41 Å². The van der Waals surface area contributed by atoms with Gasteiger partial charge in [-0.3, -0.25) is 4.79 Å². The van der Waals surface area contributed by atoms with E-state index in [4.69, 9.17) is 0 Å². The SMILES string of the molecule is C=CC(C)C(C)(CCC/C=C\C)C(=O)O. The summed E-state index contributed by atoms with van der Waals surface area (Å²) in [5.41, 5.74) is -0.677. The van der Waals surface area contributed by atoms with Gasteiger partial charge in [0.25, 0.3) is 0 Å². The Labute approximate surface area is 92.7 Å². The first kappa shape index (κ1) is 13.9. The van der Waals surface area contributed by atoms with Gasteiger partial charge in [0.1, 0.15) is 0 Å².